The van der Waals surface area contributed by atoms with E-state index in [9.17, 15) is 4.39 Å². The summed E-state index contributed by atoms with van der Waals surface area (Å²) in [7, 11) is 0. The topological polar surface area (TPSA) is 29.3 Å². The number of anilines is 1. The maximum Gasteiger partial charge on any atom is 0.146 e. The molecule has 2 nitrogen and oxygen atoms in total. The van der Waals surface area contributed by atoms with Gasteiger partial charge in [0.1, 0.15) is 5.82 Å². The lowest BCUT2D eigenvalue weighted by molar-refractivity contribution is 0.253. The average molecular weight is 254 g/mol. The Morgan fingerprint density at radius 2 is 2.24 bits per heavy atom. The van der Waals surface area contributed by atoms with Crippen molar-refractivity contribution in [2.24, 2.45) is 0 Å². The van der Waals surface area contributed by atoms with Crippen molar-refractivity contribution < 1.29 is 4.39 Å². The van der Waals surface area contributed by atoms with Gasteiger partial charge in [0.15, 0.2) is 0 Å². The zero-order valence-corrected chi connectivity index (χ0v) is 11.2. The standard InChI is InChI=1S/C13H19FN2S/c1-13(2)9-16(6-7-17-13)8-10-4-3-5-11(14)12(10)15/h3-5H,6-9,15H2,1-2H3. The summed E-state index contributed by atoms with van der Waals surface area (Å²) in [6.07, 6.45) is 0. The fourth-order valence-corrected chi connectivity index (χ4v) is 3.39. The summed E-state index contributed by atoms with van der Waals surface area (Å²) < 4.78 is 13.6. The van der Waals surface area contributed by atoms with E-state index in [0.29, 0.717) is 5.69 Å². The predicted molar refractivity (Wildman–Crippen MR) is 72.6 cm³/mol. The number of halogens is 1. The van der Waals surface area contributed by atoms with Crippen LogP contribution in [0.5, 0.6) is 0 Å². The third-order valence-corrected chi connectivity index (χ3v) is 4.34. The molecule has 0 spiro atoms. The second-order valence-electron chi connectivity index (χ2n) is 5.13. The van der Waals surface area contributed by atoms with Gasteiger partial charge in [-0.05, 0) is 25.5 Å². The van der Waals surface area contributed by atoms with Crippen molar-refractivity contribution in [3.8, 4) is 0 Å². The van der Waals surface area contributed by atoms with Gasteiger partial charge < -0.3 is 5.73 Å². The molecule has 94 valence electrons. The van der Waals surface area contributed by atoms with Crippen molar-refractivity contribution in [2.45, 2.75) is 25.1 Å². The molecule has 0 aliphatic carbocycles. The number of nitrogen functional groups attached to an aromatic ring is 1. The lowest BCUT2D eigenvalue weighted by atomic mass is 10.1. The van der Waals surface area contributed by atoms with Crippen LogP contribution < -0.4 is 5.73 Å². The third kappa shape index (κ3) is 3.13. The molecule has 0 bridgehead atoms. The first kappa shape index (κ1) is 12.7. The van der Waals surface area contributed by atoms with Crippen molar-refractivity contribution in [1.29, 1.82) is 0 Å². The van der Waals surface area contributed by atoms with Gasteiger partial charge in [-0.1, -0.05) is 12.1 Å². The van der Waals surface area contributed by atoms with Gasteiger partial charge in [0.25, 0.3) is 0 Å². The van der Waals surface area contributed by atoms with Gasteiger partial charge in [0.2, 0.25) is 0 Å². The first-order chi connectivity index (χ1) is 7.98. The minimum Gasteiger partial charge on any atom is -0.396 e. The number of benzene rings is 1. The second-order valence-corrected chi connectivity index (χ2v) is 6.93. The van der Waals surface area contributed by atoms with Gasteiger partial charge >= 0.3 is 0 Å². The molecule has 1 aromatic carbocycles. The molecule has 1 aliphatic rings. The third-order valence-electron chi connectivity index (χ3n) is 3.04. The molecule has 17 heavy (non-hydrogen) atoms. The summed E-state index contributed by atoms with van der Waals surface area (Å²) in [6.45, 7) is 7.31. The van der Waals surface area contributed by atoms with Crippen LogP contribution in [0.3, 0.4) is 0 Å². The number of thioether (sulfide) groups is 1. The van der Waals surface area contributed by atoms with Gasteiger partial charge in [-0.3, -0.25) is 4.90 Å². The zero-order valence-electron chi connectivity index (χ0n) is 10.4. The number of hydrogen-bond acceptors (Lipinski definition) is 3. The Morgan fingerprint density at radius 3 is 2.94 bits per heavy atom. The van der Waals surface area contributed by atoms with E-state index in [2.05, 4.69) is 18.7 Å². The molecule has 0 atom stereocenters. The van der Waals surface area contributed by atoms with Crippen molar-refractivity contribution >= 4 is 17.4 Å². The van der Waals surface area contributed by atoms with Gasteiger partial charge in [-0.15, -0.1) is 0 Å². The van der Waals surface area contributed by atoms with Crippen molar-refractivity contribution in [2.75, 3.05) is 24.6 Å². The van der Waals surface area contributed by atoms with Crippen LogP contribution in [0, 0.1) is 5.82 Å². The minimum absolute atomic E-state index is 0.278. The molecule has 0 saturated carbocycles. The number of para-hydroxylation sites is 1. The van der Waals surface area contributed by atoms with E-state index < -0.39 is 0 Å². The molecule has 1 fully saturated rings. The average Bonchev–Trinajstić information content (AvgIpc) is 2.23. The summed E-state index contributed by atoms with van der Waals surface area (Å²) >= 11 is 2.00. The largest absolute Gasteiger partial charge is 0.396 e. The Kier molecular flexibility index (Phi) is 3.64. The summed E-state index contributed by atoms with van der Waals surface area (Å²) in [5.74, 6) is 0.815. The Labute approximate surface area is 106 Å². The van der Waals surface area contributed by atoms with E-state index >= 15 is 0 Å². The summed E-state index contributed by atoms with van der Waals surface area (Å²) in [6, 6.07) is 5.05. The molecular formula is C13H19FN2S. The molecule has 4 heteroatoms. The number of nitrogens with zero attached hydrogens (tertiary/aromatic N) is 1. The molecule has 1 aliphatic heterocycles. The maximum atomic E-state index is 13.3. The van der Waals surface area contributed by atoms with E-state index in [1.165, 1.54) is 6.07 Å². The van der Waals surface area contributed by atoms with Crippen LogP contribution in [-0.4, -0.2) is 28.5 Å². The molecule has 0 aromatic heterocycles. The minimum atomic E-state index is -0.312. The van der Waals surface area contributed by atoms with Gasteiger partial charge in [-0.2, -0.15) is 11.8 Å². The molecule has 1 aromatic rings. The van der Waals surface area contributed by atoms with Gasteiger partial charge in [0.05, 0.1) is 5.69 Å². The molecule has 1 saturated heterocycles. The molecular weight excluding hydrogens is 235 g/mol. The van der Waals surface area contributed by atoms with Crippen LogP contribution >= 0.6 is 11.8 Å². The quantitative estimate of drug-likeness (QED) is 0.823. The van der Waals surface area contributed by atoms with Gasteiger partial charge in [0, 0.05) is 30.1 Å². The van der Waals surface area contributed by atoms with Crippen LogP contribution in [-0.2, 0) is 6.54 Å². The monoisotopic (exact) mass is 254 g/mol. The Hall–Kier alpha value is -0.740. The highest BCUT2D eigenvalue weighted by molar-refractivity contribution is 8.00. The highest BCUT2D eigenvalue weighted by atomic mass is 32.2. The number of nitrogens with two attached hydrogens (primary N) is 1. The lowest BCUT2D eigenvalue weighted by Crippen LogP contribution is -2.42. The van der Waals surface area contributed by atoms with Crippen LogP contribution in [0.15, 0.2) is 18.2 Å². The van der Waals surface area contributed by atoms with Crippen molar-refractivity contribution in [1.82, 2.24) is 4.90 Å². The fraction of sp³-hybridized carbons (Fsp3) is 0.538. The smallest absolute Gasteiger partial charge is 0.146 e. The predicted octanol–water partition coefficient (Wildman–Crippen LogP) is 2.74. The van der Waals surface area contributed by atoms with E-state index in [4.69, 9.17) is 5.73 Å². The zero-order chi connectivity index (χ0) is 12.5. The SMILES string of the molecule is CC1(C)CN(Cc2cccc(F)c2N)CCS1. The summed E-state index contributed by atoms with van der Waals surface area (Å²) in [4.78, 5) is 2.35. The van der Waals surface area contributed by atoms with Crippen LogP contribution in [0.2, 0.25) is 0 Å². The van der Waals surface area contributed by atoms with Crippen molar-refractivity contribution in [3.05, 3.63) is 29.6 Å². The van der Waals surface area contributed by atoms with E-state index in [0.717, 1.165) is 31.0 Å². The number of hydrogen-bond donors (Lipinski definition) is 1. The van der Waals surface area contributed by atoms with Gasteiger partial charge in [-0.25, -0.2) is 4.39 Å². The van der Waals surface area contributed by atoms with E-state index in [1.54, 1.807) is 6.07 Å². The molecule has 2 N–H and O–H groups in total. The highest BCUT2D eigenvalue weighted by Crippen LogP contribution is 2.30. The Balaban J connectivity index is 2.08. The molecule has 0 radical (unpaired) electrons. The second kappa shape index (κ2) is 4.86. The summed E-state index contributed by atoms with van der Waals surface area (Å²) in [5, 5.41) is 0. The van der Waals surface area contributed by atoms with Crippen LogP contribution in [0.1, 0.15) is 19.4 Å². The molecule has 2 rings (SSSR count). The van der Waals surface area contributed by atoms with Crippen LogP contribution in [0.25, 0.3) is 0 Å². The van der Waals surface area contributed by atoms with Crippen molar-refractivity contribution in [3.63, 3.8) is 0 Å². The first-order valence-corrected chi connectivity index (χ1v) is 6.86. The Morgan fingerprint density at radius 1 is 1.47 bits per heavy atom. The highest BCUT2D eigenvalue weighted by Gasteiger charge is 2.27. The van der Waals surface area contributed by atoms with E-state index in [1.807, 2.05) is 17.8 Å². The first-order valence-electron chi connectivity index (χ1n) is 5.87. The molecule has 0 amide bonds. The molecule has 0 unspecified atom stereocenters. The fourth-order valence-electron chi connectivity index (χ4n) is 2.21. The van der Waals surface area contributed by atoms with Crippen LogP contribution in [0.4, 0.5) is 10.1 Å². The number of rotatable bonds is 2. The maximum absolute atomic E-state index is 13.3. The lowest BCUT2D eigenvalue weighted by Gasteiger charge is -2.37. The Bertz CT molecular complexity index is 406. The molecule has 1 heterocycles. The summed E-state index contributed by atoms with van der Waals surface area (Å²) in [5.41, 5.74) is 6.95. The van der Waals surface area contributed by atoms with E-state index in [-0.39, 0.29) is 10.6 Å². The normalized spacial score (nSPS) is 20.4.